The van der Waals surface area contributed by atoms with Crippen LogP contribution in [0.1, 0.15) is 9.67 Å². The van der Waals surface area contributed by atoms with E-state index in [4.69, 9.17) is 0 Å². The highest BCUT2D eigenvalue weighted by Crippen LogP contribution is 2.14. The van der Waals surface area contributed by atoms with Gasteiger partial charge in [-0.1, -0.05) is 6.07 Å². The molecule has 0 aliphatic rings. The molecule has 4 nitrogen and oxygen atoms in total. The maximum Gasteiger partial charge on any atom is 0.241 e. The minimum absolute atomic E-state index is 0.397. The number of benzene rings is 1. The van der Waals surface area contributed by atoms with Gasteiger partial charge in [0, 0.05) is 0 Å². The first-order valence-corrected chi connectivity index (χ1v) is 7.78. The van der Waals surface area contributed by atoms with Gasteiger partial charge in [-0.3, -0.25) is 4.79 Å². The summed E-state index contributed by atoms with van der Waals surface area (Å²) in [6, 6.07) is 5.44. The molecule has 20 heavy (non-hydrogen) atoms. The van der Waals surface area contributed by atoms with E-state index in [9.17, 15) is 22.0 Å². The third-order valence-corrected chi connectivity index (χ3v) is 4.73. The Morgan fingerprint density at radius 3 is 2.55 bits per heavy atom. The number of carbonyl (C=O) groups excluding carboxylic acids is 1. The fraction of sp³-hybridized carbons (Fsp3) is 0.0833. The Morgan fingerprint density at radius 2 is 1.95 bits per heavy atom. The van der Waals surface area contributed by atoms with Crippen LogP contribution in [0.2, 0.25) is 0 Å². The maximum atomic E-state index is 13.0. The minimum atomic E-state index is -4.06. The lowest BCUT2D eigenvalue weighted by Gasteiger charge is -2.06. The zero-order valence-electron chi connectivity index (χ0n) is 9.97. The first kappa shape index (κ1) is 14.8. The van der Waals surface area contributed by atoms with Crippen LogP contribution in [0, 0.1) is 11.6 Å². The van der Waals surface area contributed by atoms with Crippen molar-refractivity contribution in [2.45, 2.75) is 4.90 Å². The summed E-state index contributed by atoms with van der Waals surface area (Å²) in [4.78, 5) is 11.6. The standard InChI is InChI=1S/C12H9F2NO3S2/c13-9-4-3-8(6-10(9)14)20(17,18)15-7-11(16)12-2-1-5-19-12/h1-6,15H,7H2. The van der Waals surface area contributed by atoms with Crippen molar-refractivity contribution in [2.24, 2.45) is 0 Å². The van der Waals surface area contributed by atoms with Gasteiger partial charge in [0.2, 0.25) is 10.0 Å². The van der Waals surface area contributed by atoms with E-state index in [0.717, 1.165) is 6.07 Å². The van der Waals surface area contributed by atoms with Crippen LogP contribution in [0.5, 0.6) is 0 Å². The van der Waals surface area contributed by atoms with Crippen molar-refractivity contribution in [3.63, 3.8) is 0 Å². The summed E-state index contributed by atoms with van der Waals surface area (Å²) >= 11 is 1.19. The van der Waals surface area contributed by atoms with Gasteiger partial charge in [0.25, 0.3) is 0 Å². The third-order valence-electron chi connectivity index (χ3n) is 2.42. The number of hydrogen-bond acceptors (Lipinski definition) is 4. The van der Waals surface area contributed by atoms with Crippen LogP contribution >= 0.6 is 11.3 Å². The average molecular weight is 317 g/mol. The van der Waals surface area contributed by atoms with Gasteiger partial charge in [-0.15, -0.1) is 11.3 Å². The zero-order chi connectivity index (χ0) is 14.8. The van der Waals surface area contributed by atoms with Crippen LogP contribution in [0.4, 0.5) is 8.78 Å². The van der Waals surface area contributed by atoms with Gasteiger partial charge in [0.15, 0.2) is 17.4 Å². The molecule has 106 valence electrons. The molecule has 8 heteroatoms. The molecule has 0 unspecified atom stereocenters. The first-order valence-electron chi connectivity index (χ1n) is 5.41. The fourth-order valence-electron chi connectivity index (χ4n) is 1.41. The number of carbonyl (C=O) groups is 1. The summed E-state index contributed by atoms with van der Waals surface area (Å²) in [5.41, 5.74) is 0. The van der Waals surface area contributed by atoms with Crippen LogP contribution in [0.3, 0.4) is 0 Å². The second kappa shape index (κ2) is 5.78. The van der Waals surface area contributed by atoms with Crippen molar-refractivity contribution in [3.8, 4) is 0 Å². The predicted molar refractivity (Wildman–Crippen MR) is 70.2 cm³/mol. The number of ketones is 1. The molecule has 2 aromatic rings. The predicted octanol–water partition coefficient (Wildman–Crippen LogP) is 2.19. The summed E-state index contributed by atoms with van der Waals surface area (Å²) < 4.78 is 51.4. The molecule has 0 atom stereocenters. The van der Waals surface area contributed by atoms with Crippen LogP contribution in [-0.4, -0.2) is 20.7 Å². The van der Waals surface area contributed by atoms with Crippen LogP contribution in [-0.2, 0) is 10.0 Å². The largest absolute Gasteiger partial charge is 0.292 e. The molecule has 0 radical (unpaired) electrons. The monoisotopic (exact) mass is 317 g/mol. The van der Waals surface area contributed by atoms with E-state index in [2.05, 4.69) is 4.72 Å². The topological polar surface area (TPSA) is 63.2 Å². The van der Waals surface area contributed by atoms with Crippen molar-refractivity contribution in [1.29, 1.82) is 0 Å². The number of hydrogen-bond donors (Lipinski definition) is 1. The van der Waals surface area contributed by atoms with Crippen LogP contribution < -0.4 is 4.72 Å². The summed E-state index contributed by atoms with van der Waals surface area (Å²) in [5.74, 6) is -2.80. The molecule has 0 saturated heterocycles. The molecule has 2 rings (SSSR count). The van der Waals surface area contributed by atoms with Gasteiger partial charge in [0.1, 0.15) is 0 Å². The van der Waals surface area contributed by atoms with Gasteiger partial charge in [-0.2, -0.15) is 0 Å². The highest BCUT2D eigenvalue weighted by molar-refractivity contribution is 7.89. The van der Waals surface area contributed by atoms with Crippen molar-refractivity contribution >= 4 is 27.1 Å². The third kappa shape index (κ3) is 3.27. The highest BCUT2D eigenvalue weighted by Gasteiger charge is 2.18. The second-order valence-electron chi connectivity index (χ2n) is 3.80. The Labute approximate surface area is 118 Å². The zero-order valence-corrected chi connectivity index (χ0v) is 11.6. The molecule has 1 aromatic heterocycles. The molecule has 0 amide bonds. The Hall–Kier alpha value is -1.64. The summed E-state index contributed by atoms with van der Waals surface area (Å²) in [7, 11) is -4.06. The molecule has 1 aromatic carbocycles. The lowest BCUT2D eigenvalue weighted by Crippen LogP contribution is -2.29. The summed E-state index contributed by atoms with van der Waals surface area (Å²) in [6.07, 6.45) is 0. The molecule has 0 saturated carbocycles. The van der Waals surface area contributed by atoms with Gasteiger partial charge in [-0.25, -0.2) is 21.9 Å². The van der Waals surface area contributed by atoms with Gasteiger partial charge in [-0.05, 0) is 29.6 Å². The van der Waals surface area contributed by atoms with Crippen molar-refractivity contribution in [2.75, 3.05) is 6.54 Å². The number of nitrogens with one attached hydrogen (secondary N) is 1. The summed E-state index contributed by atoms with van der Waals surface area (Å²) in [5, 5.41) is 1.69. The van der Waals surface area contributed by atoms with E-state index < -0.39 is 38.9 Å². The number of rotatable bonds is 5. The first-order chi connectivity index (χ1) is 9.40. The summed E-state index contributed by atoms with van der Waals surface area (Å²) in [6.45, 7) is -0.443. The molecular formula is C12H9F2NO3S2. The van der Waals surface area contributed by atoms with Crippen LogP contribution in [0.25, 0.3) is 0 Å². The molecule has 1 heterocycles. The lowest BCUT2D eigenvalue weighted by molar-refractivity contribution is 0.100. The Balaban J connectivity index is 2.11. The molecule has 0 aliphatic heterocycles. The quantitative estimate of drug-likeness (QED) is 0.860. The smallest absolute Gasteiger partial charge is 0.241 e. The van der Waals surface area contributed by atoms with Crippen LogP contribution in [0.15, 0.2) is 40.6 Å². The van der Waals surface area contributed by atoms with Crippen molar-refractivity contribution < 1.29 is 22.0 Å². The molecule has 0 spiro atoms. The molecule has 0 fully saturated rings. The fourth-order valence-corrected chi connectivity index (χ4v) is 3.07. The second-order valence-corrected chi connectivity index (χ2v) is 6.52. The Morgan fingerprint density at radius 1 is 1.20 bits per heavy atom. The van der Waals surface area contributed by atoms with Crippen molar-refractivity contribution in [3.05, 3.63) is 52.2 Å². The number of halogens is 2. The number of thiophene rings is 1. The molecule has 0 aliphatic carbocycles. The van der Waals surface area contributed by atoms with E-state index in [1.165, 1.54) is 11.3 Å². The van der Waals surface area contributed by atoms with Gasteiger partial charge in [0.05, 0.1) is 16.3 Å². The molecule has 0 bridgehead atoms. The van der Waals surface area contributed by atoms with E-state index in [-0.39, 0.29) is 0 Å². The number of Topliss-reactive ketones (excluding diaryl/α,β-unsaturated/α-hetero) is 1. The normalized spacial score (nSPS) is 11.5. The van der Waals surface area contributed by atoms with E-state index in [1.54, 1.807) is 17.5 Å². The van der Waals surface area contributed by atoms with E-state index in [1.807, 2.05) is 0 Å². The minimum Gasteiger partial charge on any atom is -0.292 e. The van der Waals surface area contributed by atoms with Gasteiger partial charge < -0.3 is 0 Å². The maximum absolute atomic E-state index is 13.0. The Bertz CT molecular complexity index is 727. The van der Waals surface area contributed by atoms with E-state index in [0.29, 0.717) is 17.0 Å². The Kier molecular flexibility index (Phi) is 4.26. The molecular weight excluding hydrogens is 308 g/mol. The average Bonchev–Trinajstić information content (AvgIpc) is 2.93. The van der Waals surface area contributed by atoms with Crippen molar-refractivity contribution in [1.82, 2.24) is 4.72 Å². The lowest BCUT2D eigenvalue weighted by atomic mass is 10.3. The highest BCUT2D eigenvalue weighted by atomic mass is 32.2. The van der Waals surface area contributed by atoms with Gasteiger partial charge >= 0.3 is 0 Å². The number of sulfonamides is 1. The van der Waals surface area contributed by atoms with E-state index >= 15 is 0 Å². The SMILES string of the molecule is O=C(CNS(=O)(=O)c1ccc(F)c(F)c1)c1cccs1. The molecule has 1 N–H and O–H groups in total.